The van der Waals surface area contributed by atoms with E-state index in [1.54, 1.807) is 7.11 Å². The Morgan fingerprint density at radius 1 is 1.33 bits per heavy atom. The lowest BCUT2D eigenvalue weighted by atomic mass is 10.0. The van der Waals surface area contributed by atoms with Crippen LogP contribution in [-0.4, -0.2) is 47.6 Å². The first-order chi connectivity index (χ1) is 10.0. The fourth-order valence-corrected chi connectivity index (χ4v) is 3.98. The van der Waals surface area contributed by atoms with E-state index in [9.17, 15) is 12.8 Å². The SMILES string of the molecule is COCCOCCNC1CCS(=O)(=O)c2ccc(F)cc21. The monoisotopic (exact) mass is 317 g/mol. The molecular formula is C14H20FNO4S. The van der Waals surface area contributed by atoms with Crippen molar-refractivity contribution in [2.24, 2.45) is 0 Å². The van der Waals surface area contributed by atoms with Crippen molar-refractivity contribution in [3.8, 4) is 0 Å². The first kappa shape index (κ1) is 16.4. The second kappa shape index (κ2) is 7.31. The van der Waals surface area contributed by atoms with E-state index in [4.69, 9.17) is 9.47 Å². The molecule has 0 aromatic heterocycles. The molecule has 0 saturated heterocycles. The Kier molecular flexibility index (Phi) is 5.69. The lowest BCUT2D eigenvalue weighted by Crippen LogP contribution is -2.32. The molecule has 0 bridgehead atoms. The first-order valence-corrected chi connectivity index (χ1v) is 8.52. The van der Waals surface area contributed by atoms with Crippen molar-refractivity contribution >= 4 is 9.84 Å². The van der Waals surface area contributed by atoms with Crippen molar-refractivity contribution < 1.29 is 22.3 Å². The average molecular weight is 317 g/mol. The minimum atomic E-state index is -3.29. The second-order valence-electron chi connectivity index (χ2n) is 4.90. The molecule has 1 aliphatic rings. The van der Waals surface area contributed by atoms with Gasteiger partial charge < -0.3 is 14.8 Å². The molecule has 7 heteroatoms. The first-order valence-electron chi connectivity index (χ1n) is 6.87. The van der Waals surface area contributed by atoms with Gasteiger partial charge in [-0.05, 0) is 30.2 Å². The van der Waals surface area contributed by atoms with E-state index in [1.807, 2.05) is 0 Å². The predicted octanol–water partition coefficient (Wildman–Crippen LogP) is 1.30. The van der Waals surface area contributed by atoms with Gasteiger partial charge >= 0.3 is 0 Å². The Hall–Kier alpha value is -1.02. The molecule has 1 aliphatic heterocycles. The molecule has 1 aromatic rings. The number of sulfone groups is 1. The van der Waals surface area contributed by atoms with Crippen molar-refractivity contribution in [1.29, 1.82) is 0 Å². The van der Waals surface area contributed by atoms with Crippen LogP contribution in [0.5, 0.6) is 0 Å². The summed E-state index contributed by atoms with van der Waals surface area (Å²) in [6.45, 7) is 2.12. The third kappa shape index (κ3) is 4.23. The second-order valence-corrected chi connectivity index (χ2v) is 6.98. The maximum absolute atomic E-state index is 13.4. The van der Waals surface area contributed by atoms with E-state index < -0.39 is 15.7 Å². The summed E-state index contributed by atoms with van der Waals surface area (Å²) in [5.41, 5.74) is 0.512. The van der Waals surface area contributed by atoms with Crippen LogP contribution in [0.2, 0.25) is 0 Å². The van der Waals surface area contributed by atoms with Crippen LogP contribution in [0.4, 0.5) is 4.39 Å². The fraction of sp³-hybridized carbons (Fsp3) is 0.571. The molecule has 0 aliphatic carbocycles. The normalized spacial score (nSPS) is 20.2. The zero-order chi connectivity index (χ0) is 15.3. The number of methoxy groups -OCH3 is 1. The molecule has 0 saturated carbocycles. The maximum Gasteiger partial charge on any atom is 0.178 e. The van der Waals surface area contributed by atoms with Gasteiger partial charge in [-0.25, -0.2) is 12.8 Å². The summed E-state index contributed by atoms with van der Waals surface area (Å²) in [6, 6.07) is 3.68. The van der Waals surface area contributed by atoms with E-state index in [0.29, 0.717) is 38.3 Å². The van der Waals surface area contributed by atoms with Crippen LogP contribution in [0.25, 0.3) is 0 Å². The van der Waals surface area contributed by atoms with E-state index in [0.717, 1.165) is 0 Å². The predicted molar refractivity (Wildman–Crippen MR) is 76.5 cm³/mol. The van der Waals surface area contributed by atoms with Gasteiger partial charge in [0.25, 0.3) is 0 Å². The van der Waals surface area contributed by atoms with Crippen LogP contribution in [0, 0.1) is 5.82 Å². The van der Waals surface area contributed by atoms with Crippen LogP contribution in [0.1, 0.15) is 18.0 Å². The molecule has 0 amide bonds. The van der Waals surface area contributed by atoms with Crippen molar-refractivity contribution in [2.75, 3.05) is 39.2 Å². The molecule has 1 heterocycles. The number of rotatable bonds is 7. The summed E-state index contributed by atoms with van der Waals surface area (Å²) in [5.74, 6) is -0.345. The minimum Gasteiger partial charge on any atom is -0.382 e. The molecule has 5 nitrogen and oxygen atoms in total. The lowest BCUT2D eigenvalue weighted by molar-refractivity contribution is 0.0709. The standard InChI is InChI=1S/C14H20FNO4S/c1-19-7-8-20-6-5-16-13-4-9-21(17,18)14-3-2-11(15)10-12(13)14/h2-3,10,13,16H,4-9H2,1H3. The third-order valence-corrected chi connectivity index (χ3v) is 5.24. The van der Waals surface area contributed by atoms with Gasteiger partial charge in [0.15, 0.2) is 9.84 Å². The Morgan fingerprint density at radius 3 is 2.90 bits per heavy atom. The molecule has 21 heavy (non-hydrogen) atoms. The minimum absolute atomic E-state index is 0.0772. The molecule has 0 radical (unpaired) electrons. The van der Waals surface area contributed by atoms with Gasteiger partial charge in [0, 0.05) is 19.7 Å². The summed E-state index contributed by atoms with van der Waals surface area (Å²) >= 11 is 0. The molecular weight excluding hydrogens is 297 g/mol. The van der Waals surface area contributed by atoms with Crippen LogP contribution in [-0.2, 0) is 19.3 Å². The highest BCUT2D eigenvalue weighted by molar-refractivity contribution is 7.91. The van der Waals surface area contributed by atoms with Crippen molar-refractivity contribution in [3.05, 3.63) is 29.6 Å². The smallest absolute Gasteiger partial charge is 0.178 e. The number of benzene rings is 1. The quantitative estimate of drug-likeness (QED) is 0.606. The van der Waals surface area contributed by atoms with Crippen LogP contribution in [0.3, 0.4) is 0 Å². The van der Waals surface area contributed by atoms with E-state index in [2.05, 4.69) is 5.32 Å². The summed E-state index contributed by atoms with van der Waals surface area (Å²) in [4.78, 5) is 0.230. The van der Waals surface area contributed by atoms with Crippen LogP contribution in [0.15, 0.2) is 23.1 Å². The van der Waals surface area contributed by atoms with Gasteiger partial charge in [-0.15, -0.1) is 0 Å². The van der Waals surface area contributed by atoms with Crippen LogP contribution < -0.4 is 5.32 Å². The van der Waals surface area contributed by atoms with Gasteiger partial charge in [-0.2, -0.15) is 0 Å². The Labute approximate surface area is 124 Å². The summed E-state index contributed by atoms with van der Waals surface area (Å²) < 4.78 is 47.6. The van der Waals surface area contributed by atoms with Gasteiger partial charge in [-0.1, -0.05) is 0 Å². The lowest BCUT2D eigenvalue weighted by Gasteiger charge is -2.26. The zero-order valence-electron chi connectivity index (χ0n) is 12.0. The number of fused-ring (bicyclic) bond motifs is 1. The average Bonchev–Trinajstić information content (AvgIpc) is 2.44. The van der Waals surface area contributed by atoms with Gasteiger partial charge in [0.05, 0.1) is 30.5 Å². The largest absolute Gasteiger partial charge is 0.382 e. The number of nitrogens with one attached hydrogen (secondary N) is 1. The Bertz CT molecular complexity index is 576. The highest BCUT2D eigenvalue weighted by Gasteiger charge is 2.30. The number of hydrogen-bond donors (Lipinski definition) is 1. The topological polar surface area (TPSA) is 64.6 Å². The summed E-state index contributed by atoms with van der Waals surface area (Å²) in [6.07, 6.45) is 0.441. The maximum atomic E-state index is 13.4. The molecule has 2 rings (SSSR count). The summed E-state index contributed by atoms with van der Waals surface area (Å²) in [7, 11) is -1.68. The highest BCUT2D eigenvalue weighted by Crippen LogP contribution is 2.32. The molecule has 1 atom stereocenters. The Balaban J connectivity index is 1.98. The molecule has 0 fully saturated rings. The number of hydrogen-bond acceptors (Lipinski definition) is 5. The van der Waals surface area contributed by atoms with Gasteiger partial charge in [-0.3, -0.25) is 0 Å². The number of ether oxygens (including phenoxy) is 2. The molecule has 0 spiro atoms. The highest BCUT2D eigenvalue weighted by atomic mass is 32.2. The van der Waals surface area contributed by atoms with Crippen molar-refractivity contribution in [1.82, 2.24) is 5.32 Å². The van der Waals surface area contributed by atoms with Gasteiger partial charge in [0.2, 0.25) is 0 Å². The van der Waals surface area contributed by atoms with E-state index in [-0.39, 0.29) is 16.7 Å². The van der Waals surface area contributed by atoms with Gasteiger partial charge in [0.1, 0.15) is 5.82 Å². The third-order valence-electron chi connectivity index (χ3n) is 3.43. The Morgan fingerprint density at radius 2 is 2.14 bits per heavy atom. The molecule has 1 unspecified atom stereocenters. The molecule has 118 valence electrons. The number of halogens is 1. The fourth-order valence-electron chi connectivity index (χ4n) is 2.37. The van der Waals surface area contributed by atoms with E-state index in [1.165, 1.54) is 18.2 Å². The van der Waals surface area contributed by atoms with Crippen molar-refractivity contribution in [3.63, 3.8) is 0 Å². The summed E-state index contributed by atoms with van der Waals surface area (Å²) in [5, 5.41) is 3.22. The van der Waals surface area contributed by atoms with Crippen LogP contribution >= 0.6 is 0 Å². The van der Waals surface area contributed by atoms with Crippen molar-refractivity contribution in [2.45, 2.75) is 17.4 Å². The molecule has 1 N–H and O–H groups in total. The molecule has 1 aromatic carbocycles. The zero-order valence-corrected chi connectivity index (χ0v) is 12.8. The van der Waals surface area contributed by atoms with E-state index >= 15 is 0 Å².